The summed E-state index contributed by atoms with van der Waals surface area (Å²) in [4.78, 5) is 26.9. The number of amides is 2. The number of carbonyl (C=O) groups is 2. The van der Waals surface area contributed by atoms with Gasteiger partial charge in [-0.05, 0) is 25.2 Å². The smallest absolute Gasteiger partial charge is 0.320 e. The van der Waals surface area contributed by atoms with E-state index in [4.69, 9.17) is 5.11 Å². The Morgan fingerprint density at radius 3 is 2.50 bits per heavy atom. The number of urea groups is 1. The third-order valence-corrected chi connectivity index (χ3v) is 4.17. The molecule has 0 saturated carbocycles. The van der Waals surface area contributed by atoms with Gasteiger partial charge in [-0.1, -0.05) is 13.3 Å². The molecule has 102 valence electrons. The number of hydrogen-bond donors (Lipinski definition) is 1. The molecule has 0 aromatic rings. The minimum absolute atomic E-state index is 0.0388. The molecule has 2 atom stereocenters. The van der Waals surface area contributed by atoms with Crippen molar-refractivity contribution in [3.05, 3.63) is 0 Å². The fourth-order valence-electron chi connectivity index (χ4n) is 2.89. The minimum Gasteiger partial charge on any atom is -0.481 e. The summed E-state index contributed by atoms with van der Waals surface area (Å²) in [7, 11) is 0. The standard InChI is InChI=1S/C13H22N2O3/c1-2-10-5-7-15(8-10)13(18)14-6-3-4-11(9-14)12(16)17/h10-11H,2-9H2,1H3,(H,16,17)/t10?,11-/m0/s1. The first-order valence-electron chi connectivity index (χ1n) is 6.88. The van der Waals surface area contributed by atoms with E-state index in [0.29, 0.717) is 25.4 Å². The van der Waals surface area contributed by atoms with Crippen LogP contribution >= 0.6 is 0 Å². The summed E-state index contributed by atoms with van der Waals surface area (Å²) >= 11 is 0. The fourth-order valence-corrected chi connectivity index (χ4v) is 2.89. The maximum Gasteiger partial charge on any atom is 0.320 e. The van der Waals surface area contributed by atoms with Crippen LogP contribution in [0.2, 0.25) is 0 Å². The molecule has 2 aliphatic heterocycles. The van der Waals surface area contributed by atoms with Gasteiger partial charge in [-0.15, -0.1) is 0 Å². The van der Waals surface area contributed by atoms with E-state index in [1.165, 1.54) is 0 Å². The van der Waals surface area contributed by atoms with Gasteiger partial charge in [-0.3, -0.25) is 4.79 Å². The summed E-state index contributed by atoms with van der Waals surface area (Å²) in [5.74, 6) is -0.540. The summed E-state index contributed by atoms with van der Waals surface area (Å²) in [6, 6.07) is 0.0388. The molecule has 2 rings (SSSR count). The van der Waals surface area contributed by atoms with E-state index >= 15 is 0 Å². The average molecular weight is 254 g/mol. The van der Waals surface area contributed by atoms with Crippen LogP contribution in [-0.2, 0) is 4.79 Å². The highest BCUT2D eigenvalue weighted by atomic mass is 16.4. The molecular weight excluding hydrogens is 232 g/mol. The molecule has 18 heavy (non-hydrogen) atoms. The predicted octanol–water partition coefficient (Wildman–Crippen LogP) is 1.63. The number of nitrogens with zero attached hydrogens (tertiary/aromatic N) is 2. The van der Waals surface area contributed by atoms with Gasteiger partial charge in [-0.2, -0.15) is 0 Å². The Balaban J connectivity index is 1.91. The van der Waals surface area contributed by atoms with E-state index < -0.39 is 5.97 Å². The van der Waals surface area contributed by atoms with Gasteiger partial charge in [0, 0.05) is 26.2 Å². The first kappa shape index (κ1) is 13.2. The fraction of sp³-hybridized carbons (Fsp3) is 0.846. The molecule has 5 heteroatoms. The quantitative estimate of drug-likeness (QED) is 0.814. The Morgan fingerprint density at radius 1 is 1.17 bits per heavy atom. The highest BCUT2D eigenvalue weighted by Gasteiger charge is 2.33. The lowest BCUT2D eigenvalue weighted by atomic mass is 9.99. The van der Waals surface area contributed by atoms with Crippen molar-refractivity contribution in [2.45, 2.75) is 32.6 Å². The molecule has 1 N–H and O–H groups in total. The highest BCUT2D eigenvalue weighted by molar-refractivity contribution is 5.77. The van der Waals surface area contributed by atoms with Crippen molar-refractivity contribution >= 4 is 12.0 Å². The van der Waals surface area contributed by atoms with Gasteiger partial charge in [0.25, 0.3) is 0 Å². The van der Waals surface area contributed by atoms with Crippen LogP contribution in [0.5, 0.6) is 0 Å². The molecule has 0 spiro atoms. The van der Waals surface area contributed by atoms with Crippen molar-refractivity contribution in [2.75, 3.05) is 26.2 Å². The van der Waals surface area contributed by atoms with Gasteiger partial charge in [0.2, 0.25) is 0 Å². The Morgan fingerprint density at radius 2 is 1.89 bits per heavy atom. The normalized spacial score (nSPS) is 28.5. The second-order valence-electron chi connectivity index (χ2n) is 5.41. The van der Waals surface area contributed by atoms with E-state index in [1.807, 2.05) is 4.90 Å². The molecule has 1 unspecified atom stereocenters. The lowest BCUT2D eigenvalue weighted by Crippen LogP contribution is -2.48. The van der Waals surface area contributed by atoms with Gasteiger partial charge in [-0.25, -0.2) is 4.79 Å². The lowest BCUT2D eigenvalue weighted by molar-refractivity contribution is -0.143. The van der Waals surface area contributed by atoms with Gasteiger partial charge in [0.15, 0.2) is 0 Å². The molecular formula is C13H22N2O3. The van der Waals surface area contributed by atoms with Crippen LogP contribution in [0, 0.1) is 11.8 Å². The first-order valence-corrected chi connectivity index (χ1v) is 6.88. The molecule has 5 nitrogen and oxygen atoms in total. The van der Waals surface area contributed by atoms with Crippen molar-refractivity contribution in [1.29, 1.82) is 0 Å². The predicted molar refractivity (Wildman–Crippen MR) is 67.3 cm³/mol. The number of rotatable bonds is 2. The summed E-state index contributed by atoms with van der Waals surface area (Å²) in [5, 5.41) is 9.03. The summed E-state index contributed by atoms with van der Waals surface area (Å²) < 4.78 is 0. The van der Waals surface area contributed by atoms with Gasteiger partial charge >= 0.3 is 12.0 Å². The second kappa shape index (κ2) is 5.59. The van der Waals surface area contributed by atoms with E-state index in [-0.39, 0.29) is 11.9 Å². The van der Waals surface area contributed by atoms with Crippen LogP contribution in [-0.4, -0.2) is 53.1 Å². The maximum absolute atomic E-state index is 12.3. The number of carboxylic acids is 1. The number of carboxylic acid groups (broad SMARTS) is 1. The molecule has 0 aliphatic carbocycles. The van der Waals surface area contributed by atoms with Crippen LogP contribution in [0.25, 0.3) is 0 Å². The monoisotopic (exact) mass is 254 g/mol. The van der Waals surface area contributed by atoms with Gasteiger partial charge in [0.05, 0.1) is 5.92 Å². The van der Waals surface area contributed by atoms with Crippen molar-refractivity contribution in [1.82, 2.24) is 9.80 Å². The zero-order valence-electron chi connectivity index (χ0n) is 11.0. The molecule has 2 aliphatic rings. The number of carbonyl (C=O) groups excluding carboxylic acids is 1. The zero-order chi connectivity index (χ0) is 13.1. The first-order chi connectivity index (χ1) is 8.61. The number of likely N-dealkylation sites (tertiary alicyclic amines) is 2. The van der Waals surface area contributed by atoms with Crippen molar-refractivity contribution in [3.63, 3.8) is 0 Å². The Kier molecular flexibility index (Phi) is 4.09. The lowest BCUT2D eigenvalue weighted by Gasteiger charge is -2.33. The summed E-state index contributed by atoms with van der Waals surface area (Å²) in [5.41, 5.74) is 0. The summed E-state index contributed by atoms with van der Waals surface area (Å²) in [6.07, 6.45) is 3.68. The third kappa shape index (κ3) is 2.76. The number of piperidine rings is 1. The van der Waals surface area contributed by atoms with E-state index in [2.05, 4.69) is 6.92 Å². The Labute approximate surface area is 108 Å². The summed E-state index contributed by atoms with van der Waals surface area (Å²) in [6.45, 7) is 4.90. The molecule has 0 radical (unpaired) electrons. The van der Waals surface area contributed by atoms with Crippen LogP contribution in [0.15, 0.2) is 0 Å². The van der Waals surface area contributed by atoms with Crippen molar-refractivity contribution in [3.8, 4) is 0 Å². The zero-order valence-corrected chi connectivity index (χ0v) is 11.0. The molecule has 0 aromatic carbocycles. The van der Waals surface area contributed by atoms with Crippen LogP contribution in [0.4, 0.5) is 4.79 Å². The van der Waals surface area contributed by atoms with Crippen molar-refractivity contribution < 1.29 is 14.7 Å². The van der Waals surface area contributed by atoms with Gasteiger partial charge < -0.3 is 14.9 Å². The number of hydrogen-bond acceptors (Lipinski definition) is 2. The molecule has 2 amide bonds. The number of aliphatic carboxylic acids is 1. The molecule has 0 aromatic heterocycles. The largest absolute Gasteiger partial charge is 0.481 e. The Hall–Kier alpha value is -1.26. The maximum atomic E-state index is 12.3. The molecule has 2 heterocycles. The van der Waals surface area contributed by atoms with E-state index in [1.54, 1.807) is 4.90 Å². The van der Waals surface area contributed by atoms with Crippen LogP contribution < -0.4 is 0 Å². The van der Waals surface area contributed by atoms with Gasteiger partial charge in [0.1, 0.15) is 0 Å². The second-order valence-corrected chi connectivity index (χ2v) is 5.41. The highest BCUT2D eigenvalue weighted by Crippen LogP contribution is 2.23. The van der Waals surface area contributed by atoms with Crippen LogP contribution in [0.3, 0.4) is 0 Å². The molecule has 2 fully saturated rings. The van der Waals surface area contributed by atoms with Crippen molar-refractivity contribution in [2.24, 2.45) is 11.8 Å². The third-order valence-electron chi connectivity index (χ3n) is 4.17. The van der Waals surface area contributed by atoms with Crippen LogP contribution in [0.1, 0.15) is 32.6 Å². The Bertz CT molecular complexity index is 332. The van der Waals surface area contributed by atoms with E-state index in [9.17, 15) is 9.59 Å². The molecule has 0 bridgehead atoms. The SMILES string of the molecule is CCC1CCN(C(=O)N2CCC[C@H](C(=O)O)C2)C1. The minimum atomic E-state index is -0.777. The topological polar surface area (TPSA) is 60.9 Å². The molecule has 2 saturated heterocycles. The van der Waals surface area contributed by atoms with E-state index in [0.717, 1.165) is 32.4 Å². The average Bonchev–Trinajstić information content (AvgIpc) is 2.86.